The van der Waals surface area contributed by atoms with Crippen LogP contribution < -0.4 is 59.1 Å². The van der Waals surface area contributed by atoms with Gasteiger partial charge in [0.2, 0.25) is 0 Å². The van der Waals surface area contributed by atoms with Crippen LogP contribution in [-0.4, -0.2) is 23.8 Å². The molecule has 0 aliphatic carbocycles. The predicted octanol–water partition coefficient (Wildman–Crippen LogP) is -7.04. The Bertz CT molecular complexity index is 76.2. The van der Waals surface area contributed by atoms with Gasteiger partial charge in [-0.05, 0) is 0 Å². The van der Waals surface area contributed by atoms with Crippen molar-refractivity contribution in [3.05, 3.63) is 0 Å². The Morgan fingerprint density at radius 3 is 1.89 bits per heavy atom. The molecule has 5 heteroatoms. The molecule has 0 spiro atoms. The number of hydrogen-bond acceptors (Lipinski definition) is 3. The molecule has 40 valence electrons. The zero-order valence-electron chi connectivity index (χ0n) is 5.55. The molecule has 9 heavy (non-hydrogen) atoms. The van der Waals surface area contributed by atoms with E-state index in [1.54, 1.807) is 0 Å². The minimum atomic E-state index is -1.28. The Kier molecular flexibility index (Phi) is 22.3. The van der Waals surface area contributed by atoms with Crippen molar-refractivity contribution in [2.75, 3.05) is 0 Å². The number of hydrogen-bond donors (Lipinski definition) is 1. The summed E-state index contributed by atoms with van der Waals surface area (Å²) < 4.78 is 0. The van der Waals surface area contributed by atoms with E-state index in [-0.39, 0.29) is 65.5 Å². The van der Waals surface area contributed by atoms with Crippen molar-refractivity contribution in [1.29, 1.82) is 0 Å². The second-order valence-electron chi connectivity index (χ2n) is 0.982. The number of carbonyl (C=O) groups excluding carboxylic acids is 2. The molecule has 0 aromatic rings. The second kappa shape index (κ2) is 12.0. The maximum Gasteiger partial charge on any atom is 1.00 e. The standard InChI is InChI=1S/C4H4O3.2Na/c5-2-1-4(7)3-6;;/h4,7H,1H2;;/q-2;2*+1/t4-;;/m1../s1. The van der Waals surface area contributed by atoms with E-state index < -0.39 is 6.10 Å². The smallest absolute Gasteiger partial charge is 0.542 e. The van der Waals surface area contributed by atoms with Crippen LogP contribution in [0, 0.1) is 0 Å². The van der Waals surface area contributed by atoms with Crippen LogP contribution in [0.4, 0.5) is 0 Å². The molecule has 3 nitrogen and oxygen atoms in total. The molecule has 0 aromatic carbocycles. The van der Waals surface area contributed by atoms with Crippen LogP contribution in [-0.2, 0) is 9.59 Å². The summed E-state index contributed by atoms with van der Waals surface area (Å²) in [5.41, 5.74) is 0. The maximum atomic E-state index is 9.34. The van der Waals surface area contributed by atoms with Crippen LogP contribution in [0.2, 0.25) is 0 Å². The van der Waals surface area contributed by atoms with Crippen LogP contribution >= 0.6 is 0 Å². The molecular formula is C4H4Na2O3. The third kappa shape index (κ3) is 12.5. The van der Waals surface area contributed by atoms with Gasteiger partial charge in [0.25, 0.3) is 0 Å². The number of aliphatic hydroxyl groups excluding tert-OH is 1. The van der Waals surface area contributed by atoms with E-state index in [1.165, 1.54) is 12.6 Å². The monoisotopic (exact) mass is 146 g/mol. The Labute approximate surface area is 97.8 Å². The topological polar surface area (TPSA) is 54.4 Å². The van der Waals surface area contributed by atoms with Crippen LogP contribution in [0.3, 0.4) is 0 Å². The first-order valence-electron chi connectivity index (χ1n) is 1.72. The average molecular weight is 146 g/mol. The van der Waals surface area contributed by atoms with E-state index in [2.05, 4.69) is 0 Å². The molecular weight excluding hydrogens is 142 g/mol. The van der Waals surface area contributed by atoms with Gasteiger partial charge in [-0.3, -0.25) is 6.29 Å². The fourth-order valence-corrected chi connectivity index (χ4v) is 0.121. The van der Waals surface area contributed by atoms with Crippen molar-refractivity contribution >= 4 is 12.6 Å². The Hall–Kier alpha value is 1.30. The van der Waals surface area contributed by atoms with Crippen molar-refractivity contribution in [2.45, 2.75) is 12.5 Å². The molecule has 0 bridgehead atoms. The zero-order chi connectivity index (χ0) is 5.70. The fraction of sp³-hybridized carbons (Fsp3) is 0.500. The van der Waals surface area contributed by atoms with Crippen molar-refractivity contribution in [3.8, 4) is 0 Å². The van der Waals surface area contributed by atoms with E-state index in [4.69, 9.17) is 5.11 Å². The molecule has 0 aliphatic rings. The summed E-state index contributed by atoms with van der Waals surface area (Å²) >= 11 is 0. The number of aliphatic hydroxyl groups is 1. The largest absolute Gasteiger partial charge is 1.00 e. The average Bonchev–Trinajstić information content (AvgIpc) is 1.68. The molecule has 1 atom stereocenters. The van der Waals surface area contributed by atoms with Crippen molar-refractivity contribution < 1.29 is 73.8 Å². The number of rotatable bonds is 3. The summed E-state index contributed by atoms with van der Waals surface area (Å²) in [6, 6.07) is 0. The molecule has 0 saturated heterocycles. The Morgan fingerprint density at radius 2 is 1.78 bits per heavy atom. The molecule has 0 radical (unpaired) electrons. The van der Waals surface area contributed by atoms with Crippen LogP contribution in [0.15, 0.2) is 0 Å². The summed E-state index contributed by atoms with van der Waals surface area (Å²) in [6.45, 7) is 0. The molecule has 0 amide bonds. The molecule has 0 fully saturated rings. The minimum absolute atomic E-state index is 0. The zero-order valence-corrected chi connectivity index (χ0v) is 9.55. The second-order valence-corrected chi connectivity index (χ2v) is 0.982. The first-order valence-corrected chi connectivity index (χ1v) is 1.72. The summed E-state index contributed by atoms with van der Waals surface area (Å²) in [4.78, 5) is 18.7. The quantitative estimate of drug-likeness (QED) is 0.318. The van der Waals surface area contributed by atoms with E-state index in [1.807, 2.05) is 0 Å². The van der Waals surface area contributed by atoms with Gasteiger partial charge < -0.3 is 14.7 Å². The van der Waals surface area contributed by atoms with Gasteiger partial charge in [-0.25, -0.2) is 6.29 Å². The van der Waals surface area contributed by atoms with E-state index >= 15 is 0 Å². The van der Waals surface area contributed by atoms with Crippen LogP contribution in [0.25, 0.3) is 0 Å². The van der Waals surface area contributed by atoms with E-state index in [9.17, 15) is 9.59 Å². The molecule has 0 heterocycles. The predicted molar refractivity (Wildman–Crippen MR) is 22.0 cm³/mol. The summed E-state index contributed by atoms with van der Waals surface area (Å²) in [7, 11) is 0. The summed E-state index contributed by atoms with van der Waals surface area (Å²) in [6.07, 6.45) is 1.01. The van der Waals surface area contributed by atoms with Gasteiger partial charge in [-0.1, -0.05) is 6.10 Å². The van der Waals surface area contributed by atoms with Crippen LogP contribution in [0.1, 0.15) is 6.42 Å². The normalized spacial score (nSPS) is 9.89. The fourth-order valence-electron chi connectivity index (χ4n) is 0.121. The minimum Gasteiger partial charge on any atom is -0.542 e. The third-order valence-corrected chi connectivity index (χ3v) is 0.413. The molecule has 1 N–H and O–H groups in total. The van der Waals surface area contributed by atoms with Gasteiger partial charge in [0.05, 0.1) is 0 Å². The van der Waals surface area contributed by atoms with Crippen molar-refractivity contribution in [3.63, 3.8) is 0 Å². The molecule has 0 unspecified atom stereocenters. The van der Waals surface area contributed by atoms with E-state index in [0.29, 0.717) is 0 Å². The van der Waals surface area contributed by atoms with Crippen molar-refractivity contribution in [2.24, 2.45) is 0 Å². The van der Waals surface area contributed by atoms with Gasteiger partial charge in [0.15, 0.2) is 0 Å². The molecule has 0 rings (SSSR count). The van der Waals surface area contributed by atoms with E-state index in [0.717, 1.165) is 0 Å². The van der Waals surface area contributed by atoms with Gasteiger partial charge in [-0.2, -0.15) is 6.42 Å². The molecule has 0 aromatic heterocycles. The molecule has 0 aliphatic heterocycles. The Morgan fingerprint density at radius 1 is 1.33 bits per heavy atom. The SMILES string of the molecule is O=[C-]C[C@@H](O)[C-]=O.[Na+].[Na+]. The van der Waals surface area contributed by atoms with Crippen molar-refractivity contribution in [1.82, 2.24) is 0 Å². The summed E-state index contributed by atoms with van der Waals surface area (Å²) in [5.74, 6) is 0. The Balaban J connectivity index is -0.000000180. The first-order chi connectivity index (χ1) is 3.31. The first kappa shape index (κ1) is 16.7. The maximum absolute atomic E-state index is 9.34. The molecule has 0 saturated carbocycles. The van der Waals surface area contributed by atoms with Gasteiger partial charge in [-0.15, -0.1) is 0 Å². The van der Waals surface area contributed by atoms with Crippen LogP contribution in [0.5, 0.6) is 0 Å². The third-order valence-electron chi connectivity index (χ3n) is 0.413. The van der Waals surface area contributed by atoms with Gasteiger partial charge in [0.1, 0.15) is 0 Å². The van der Waals surface area contributed by atoms with Gasteiger partial charge in [0, 0.05) is 0 Å². The van der Waals surface area contributed by atoms with Gasteiger partial charge >= 0.3 is 59.1 Å². The summed E-state index contributed by atoms with van der Waals surface area (Å²) in [5, 5.41) is 8.17.